The number of rotatable bonds is 2. The van der Waals surface area contributed by atoms with Crippen molar-refractivity contribution >= 4 is 17.3 Å². The molecule has 11 heavy (non-hydrogen) atoms. The number of ether oxygens (including phenoxy) is 1. The van der Waals surface area contributed by atoms with Crippen LogP contribution >= 0.6 is 11.3 Å². The third-order valence-electron chi connectivity index (χ3n) is 0.877. The fraction of sp³-hybridized carbons (Fsp3) is 0.500. The largest absolute Gasteiger partial charge is 0.458 e. The highest BCUT2D eigenvalue weighted by Gasteiger charge is 2.11. The Balaban J connectivity index is 2.57. The molecule has 0 unspecified atom stereocenters. The fourth-order valence-electron chi connectivity index (χ4n) is 0.526. The molecule has 0 N–H and O–H groups in total. The van der Waals surface area contributed by atoms with E-state index < -0.39 is 5.97 Å². The number of carbonyl (C=O) groups excluding carboxylic acids is 1. The molecule has 0 radical (unpaired) electrons. The summed E-state index contributed by atoms with van der Waals surface area (Å²) in [6.07, 6.45) is -0.105. The van der Waals surface area contributed by atoms with Crippen molar-refractivity contribution in [2.75, 3.05) is 0 Å². The molecule has 1 heterocycles. The number of nitrogens with zero attached hydrogens (tertiary/aromatic N) is 2. The zero-order valence-electron chi connectivity index (χ0n) is 6.27. The van der Waals surface area contributed by atoms with Crippen molar-refractivity contribution in [1.29, 1.82) is 0 Å². The summed E-state index contributed by atoms with van der Waals surface area (Å²) in [5.41, 5.74) is 1.50. The summed E-state index contributed by atoms with van der Waals surface area (Å²) >= 11 is 1.18. The quantitative estimate of drug-likeness (QED) is 0.627. The van der Waals surface area contributed by atoms with Crippen LogP contribution in [0.25, 0.3) is 0 Å². The van der Waals surface area contributed by atoms with Gasteiger partial charge in [-0.3, -0.25) is 0 Å². The summed E-state index contributed by atoms with van der Waals surface area (Å²) in [7, 11) is 0. The van der Waals surface area contributed by atoms with Crippen LogP contribution < -0.4 is 0 Å². The van der Waals surface area contributed by atoms with Crippen molar-refractivity contribution in [3.8, 4) is 0 Å². The molecular weight excluding hydrogens is 164 g/mol. The number of carbonyl (C=O) groups is 1. The Morgan fingerprint density at radius 3 is 2.91 bits per heavy atom. The molecule has 0 atom stereocenters. The minimum Gasteiger partial charge on any atom is -0.458 e. The fourth-order valence-corrected chi connectivity index (χ4v) is 0.959. The highest BCUT2D eigenvalue weighted by molar-refractivity contribution is 7.11. The molecule has 4 nitrogen and oxygen atoms in total. The molecule has 0 amide bonds. The summed E-state index contributed by atoms with van der Waals surface area (Å²) < 4.78 is 4.86. The van der Waals surface area contributed by atoms with E-state index in [0.29, 0.717) is 5.01 Å². The molecule has 0 bridgehead atoms. The Kier molecular flexibility index (Phi) is 2.53. The molecule has 0 fully saturated rings. The number of esters is 1. The van der Waals surface area contributed by atoms with E-state index in [1.807, 2.05) is 0 Å². The molecule has 0 saturated carbocycles. The van der Waals surface area contributed by atoms with Crippen LogP contribution in [0.15, 0.2) is 5.51 Å². The van der Waals surface area contributed by atoms with Crippen molar-refractivity contribution in [2.45, 2.75) is 20.0 Å². The van der Waals surface area contributed by atoms with Gasteiger partial charge in [-0.15, -0.1) is 10.2 Å². The predicted molar refractivity (Wildman–Crippen MR) is 40.5 cm³/mol. The first kappa shape index (κ1) is 8.13. The minimum atomic E-state index is -0.400. The van der Waals surface area contributed by atoms with Crippen LogP contribution in [-0.4, -0.2) is 22.3 Å². The van der Waals surface area contributed by atoms with Gasteiger partial charge >= 0.3 is 5.97 Å². The summed E-state index contributed by atoms with van der Waals surface area (Å²) in [5.74, 6) is -0.400. The Morgan fingerprint density at radius 2 is 2.45 bits per heavy atom. The van der Waals surface area contributed by atoms with Crippen molar-refractivity contribution < 1.29 is 9.53 Å². The van der Waals surface area contributed by atoms with Gasteiger partial charge in [0.25, 0.3) is 0 Å². The monoisotopic (exact) mass is 172 g/mol. The van der Waals surface area contributed by atoms with Gasteiger partial charge in [0, 0.05) is 0 Å². The lowest BCUT2D eigenvalue weighted by Crippen LogP contribution is -2.11. The zero-order valence-corrected chi connectivity index (χ0v) is 7.09. The molecule has 0 saturated heterocycles. The van der Waals surface area contributed by atoms with Crippen LogP contribution in [0.2, 0.25) is 0 Å². The average Bonchev–Trinajstić information content (AvgIpc) is 2.35. The number of hydrogen-bond donors (Lipinski definition) is 0. The van der Waals surface area contributed by atoms with E-state index in [4.69, 9.17) is 4.74 Å². The maximum Gasteiger partial charge on any atom is 0.369 e. The van der Waals surface area contributed by atoms with E-state index in [0.717, 1.165) is 0 Å². The topological polar surface area (TPSA) is 52.1 Å². The predicted octanol–water partition coefficient (Wildman–Crippen LogP) is 1.10. The molecule has 0 spiro atoms. The molecule has 0 aromatic carbocycles. The van der Waals surface area contributed by atoms with E-state index in [1.165, 1.54) is 16.8 Å². The van der Waals surface area contributed by atoms with Crippen LogP contribution in [0, 0.1) is 0 Å². The van der Waals surface area contributed by atoms with Gasteiger partial charge < -0.3 is 4.74 Å². The van der Waals surface area contributed by atoms with Crippen LogP contribution in [-0.2, 0) is 4.74 Å². The van der Waals surface area contributed by atoms with Crippen LogP contribution in [0.1, 0.15) is 23.6 Å². The van der Waals surface area contributed by atoms with Crippen LogP contribution in [0.4, 0.5) is 0 Å². The van der Waals surface area contributed by atoms with Gasteiger partial charge in [0.2, 0.25) is 5.01 Å². The lowest BCUT2D eigenvalue weighted by molar-refractivity contribution is 0.0376. The third-order valence-corrected chi connectivity index (χ3v) is 1.55. The van der Waals surface area contributed by atoms with Gasteiger partial charge in [0.15, 0.2) is 0 Å². The second-order valence-electron chi connectivity index (χ2n) is 2.20. The average molecular weight is 172 g/mol. The normalized spacial score (nSPS) is 10.1. The molecular formula is C6H8N2O2S. The van der Waals surface area contributed by atoms with Gasteiger partial charge in [0.1, 0.15) is 5.51 Å². The second kappa shape index (κ2) is 3.43. The lowest BCUT2D eigenvalue weighted by atomic mass is 10.5. The van der Waals surface area contributed by atoms with E-state index >= 15 is 0 Å². The maximum atomic E-state index is 11.0. The maximum absolute atomic E-state index is 11.0. The van der Waals surface area contributed by atoms with E-state index in [1.54, 1.807) is 13.8 Å². The van der Waals surface area contributed by atoms with Crippen LogP contribution in [0.5, 0.6) is 0 Å². The van der Waals surface area contributed by atoms with Crippen molar-refractivity contribution in [1.82, 2.24) is 10.2 Å². The van der Waals surface area contributed by atoms with Gasteiger partial charge in [-0.25, -0.2) is 4.79 Å². The van der Waals surface area contributed by atoms with Crippen molar-refractivity contribution in [3.63, 3.8) is 0 Å². The number of hydrogen-bond acceptors (Lipinski definition) is 5. The van der Waals surface area contributed by atoms with E-state index in [2.05, 4.69) is 10.2 Å². The number of aromatic nitrogens is 2. The molecule has 60 valence electrons. The highest BCUT2D eigenvalue weighted by Crippen LogP contribution is 2.04. The second-order valence-corrected chi connectivity index (χ2v) is 3.03. The highest BCUT2D eigenvalue weighted by atomic mass is 32.1. The van der Waals surface area contributed by atoms with Crippen molar-refractivity contribution in [3.05, 3.63) is 10.5 Å². The first-order chi connectivity index (χ1) is 5.20. The summed E-state index contributed by atoms with van der Waals surface area (Å²) in [6.45, 7) is 3.58. The van der Waals surface area contributed by atoms with Crippen LogP contribution in [0.3, 0.4) is 0 Å². The molecule has 1 aromatic heterocycles. The lowest BCUT2D eigenvalue weighted by Gasteiger charge is -2.03. The van der Waals surface area contributed by atoms with Gasteiger partial charge in [-0.05, 0) is 13.8 Å². The standard InChI is InChI=1S/C6H8N2O2S/c1-4(2)10-6(9)5-8-7-3-11-5/h3-4H,1-2H3. The molecule has 1 rings (SSSR count). The molecule has 1 aromatic rings. The minimum absolute atomic E-state index is 0.105. The van der Waals surface area contributed by atoms with Gasteiger partial charge in [0.05, 0.1) is 6.10 Å². The van der Waals surface area contributed by atoms with E-state index in [9.17, 15) is 4.79 Å². The van der Waals surface area contributed by atoms with Gasteiger partial charge in [-0.1, -0.05) is 11.3 Å². The summed E-state index contributed by atoms with van der Waals surface area (Å²) in [5, 5.41) is 7.39. The Hall–Kier alpha value is -0.970. The summed E-state index contributed by atoms with van der Waals surface area (Å²) in [4.78, 5) is 11.0. The smallest absolute Gasteiger partial charge is 0.369 e. The molecule has 5 heteroatoms. The third kappa shape index (κ3) is 2.27. The van der Waals surface area contributed by atoms with Crippen molar-refractivity contribution in [2.24, 2.45) is 0 Å². The molecule has 0 aliphatic carbocycles. The first-order valence-corrected chi connectivity index (χ1v) is 4.05. The molecule has 0 aliphatic rings. The summed E-state index contributed by atoms with van der Waals surface area (Å²) in [6, 6.07) is 0. The van der Waals surface area contributed by atoms with Gasteiger partial charge in [-0.2, -0.15) is 0 Å². The Morgan fingerprint density at radius 1 is 1.73 bits per heavy atom. The SMILES string of the molecule is CC(C)OC(=O)c1nncs1. The van der Waals surface area contributed by atoms with E-state index in [-0.39, 0.29) is 6.10 Å². The zero-order chi connectivity index (χ0) is 8.27. The first-order valence-electron chi connectivity index (χ1n) is 3.17. The Labute approximate surface area is 68.2 Å². The Bertz CT molecular complexity index is 233. The molecule has 0 aliphatic heterocycles.